The van der Waals surface area contributed by atoms with Crippen molar-refractivity contribution in [2.75, 3.05) is 6.67 Å². The minimum Gasteiger partial charge on any atom is -0.463 e. The van der Waals surface area contributed by atoms with Crippen LogP contribution < -0.4 is 0 Å². The van der Waals surface area contributed by atoms with E-state index in [4.69, 9.17) is 5.11 Å². The van der Waals surface area contributed by atoms with Gasteiger partial charge in [0.05, 0.1) is 18.6 Å². The first-order chi connectivity index (χ1) is 5.06. The molecule has 1 N–H and O–H groups in total. The smallest absolute Gasteiger partial charge is 0.308 e. The van der Waals surface area contributed by atoms with Crippen LogP contribution in [0.25, 0.3) is 0 Å². The molecule has 1 unspecified atom stereocenters. The highest BCUT2D eigenvalue weighted by atomic mass is 19.1. The number of alkyl halides is 1. The number of carbonyl (C=O) groups excluding carboxylic acids is 1. The Bertz CT molecular complexity index is 125. The zero-order valence-electron chi connectivity index (χ0n) is 6.71. The summed E-state index contributed by atoms with van der Waals surface area (Å²) in [6.45, 7) is 2.48. The molecule has 0 bridgehead atoms. The molecule has 0 aromatic heterocycles. The molecule has 0 aromatic carbocycles. The molecule has 0 saturated carbocycles. The number of carbonyl (C=O) groups is 1. The average molecular weight is 164 g/mol. The van der Waals surface area contributed by atoms with E-state index in [0.29, 0.717) is 0 Å². The van der Waals surface area contributed by atoms with Gasteiger partial charge in [-0.1, -0.05) is 0 Å². The van der Waals surface area contributed by atoms with Crippen molar-refractivity contribution in [1.29, 1.82) is 0 Å². The van der Waals surface area contributed by atoms with Crippen LogP contribution in [0.2, 0.25) is 0 Å². The van der Waals surface area contributed by atoms with E-state index in [1.165, 1.54) is 0 Å². The van der Waals surface area contributed by atoms with Crippen molar-refractivity contribution in [2.24, 2.45) is 0 Å². The van der Waals surface area contributed by atoms with Crippen molar-refractivity contribution < 1.29 is 19.0 Å². The molecule has 4 heteroatoms. The van der Waals surface area contributed by atoms with Gasteiger partial charge in [-0.15, -0.1) is 0 Å². The summed E-state index contributed by atoms with van der Waals surface area (Å²) in [4.78, 5) is 10.7. The first kappa shape index (κ1) is 10.4. The summed E-state index contributed by atoms with van der Waals surface area (Å²) in [6.07, 6.45) is -1.70. The lowest BCUT2D eigenvalue weighted by Gasteiger charge is -2.09. The van der Waals surface area contributed by atoms with E-state index < -0.39 is 18.7 Å². The minimum absolute atomic E-state index is 0.214. The Morgan fingerprint density at radius 1 is 1.64 bits per heavy atom. The van der Waals surface area contributed by atoms with Crippen LogP contribution in [0.15, 0.2) is 0 Å². The molecule has 0 saturated heterocycles. The summed E-state index contributed by atoms with van der Waals surface area (Å²) in [5, 5.41) is 8.67. The minimum atomic E-state index is -1.22. The lowest BCUT2D eigenvalue weighted by Crippen LogP contribution is -2.19. The van der Waals surface area contributed by atoms with E-state index in [1.54, 1.807) is 13.8 Å². The highest BCUT2D eigenvalue weighted by molar-refractivity contribution is 5.70. The van der Waals surface area contributed by atoms with Gasteiger partial charge < -0.3 is 9.84 Å². The number of esters is 1. The highest BCUT2D eigenvalue weighted by Crippen LogP contribution is 1.98. The number of hydrogen-bond donors (Lipinski definition) is 1. The first-order valence-electron chi connectivity index (χ1n) is 3.49. The van der Waals surface area contributed by atoms with Crippen LogP contribution in [0.5, 0.6) is 0 Å². The van der Waals surface area contributed by atoms with Crippen molar-refractivity contribution >= 4 is 5.97 Å². The number of halogens is 1. The molecule has 0 fully saturated rings. The molecule has 66 valence electrons. The zero-order valence-corrected chi connectivity index (χ0v) is 6.71. The lowest BCUT2D eigenvalue weighted by molar-refractivity contribution is -0.149. The van der Waals surface area contributed by atoms with Gasteiger partial charge in [-0.05, 0) is 13.8 Å². The Morgan fingerprint density at radius 2 is 2.18 bits per heavy atom. The van der Waals surface area contributed by atoms with Crippen molar-refractivity contribution in [3.05, 3.63) is 0 Å². The number of ether oxygens (including phenoxy) is 1. The zero-order chi connectivity index (χ0) is 8.85. The molecular formula is C7H13FO3. The second-order valence-corrected chi connectivity index (χ2v) is 2.55. The second-order valence-electron chi connectivity index (χ2n) is 2.55. The molecule has 0 aliphatic rings. The molecule has 0 rings (SSSR count). The summed E-state index contributed by atoms with van der Waals surface area (Å²) in [7, 11) is 0. The fraction of sp³-hybridized carbons (Fsp3) is 0.857. The van der Waals surface area contributed by atoms with Crippen LogP contribution in [0.3, 0.4) is 0 Å². The molecule has 0 aliphatic heterocycles. The Morgan fingerprint density at radius 3 is 2.55 bits per heavy atom. The van der Waals surface area contributed by atoms with Gasteiger partial charge >= 0.3 is 5.97 Å². The SMILES string of the molecule is CC(C)OC(=O)CC(O)CF. The van der Waals surface area contributed by atoms with Gasteiger partial charge in [-0.25, -0.2) is 4.39 Å². The molecule has 0 radical (unpaired) electrons. The molecule has 1 atom stereocenters. The summed E-state index contributed by atoms with van der Waals surface area (Å²) in [5.74, 6) is -0.565. The summed E-state index contributed by atoms with van der Waals surface area (Å²) >= 11 is 0. The van der Waals surface area contributed by atoms with E-state index in [2.05, 4.69) is 4.74 Å². The Kier molecular flexibility index (Phi) is 4.77. The second kappa shape index (κ2) is 5.07. The number of hydrogen-bond acceptors (Lipinski definition) is 3. The number of aliphatic hydroxyl groups excluding tert-OH is 1. The molecule has 11 heavy (non-hydrogen) atoms. The van der Waals surface area contributed by atoms with Crippen molar-refractivity contribution in [2.45, 2.75) is 32.5 Å². The van der Waals surface area contributed by atoms with Gasteiger partial charge in [0, 0.05) is 0 Å². The maximum atomic E-state index is 11.6. The molecule has 0 aromatic rings. The van der Waals surface area contributed by atoms with Crippen LogP contribution in [-0.2, 0) is 9.53 Å². The topological polar surface area (TPSA) is 46.5 Å². The monoisotopic (exact) mass is 164 g/mol. The van der Waals surface area contributed by atoms with E-state index in [1.807, 2.05) is 0 Å². The van der Waals surface area contributed by atoms with Crippen LogP contribution in [0.4, 0.5) is 4.39 Å². The van der Waals surface area contributed by atoms with E-state index in [9.17, 15) is 9.18 Å². The number of rotatable bonds is 4. The predicted molar refractivity (Wildman–Crippen MR) is 37.8 cm³/mol. The van der Waals surface area contributed by atoms with Gasteiger partial charge in [0.25, 0.3) is 0 Å². The van der Waals surface area contributed by atoms with Crippen molar-refractivity contribution in [3.63, 3.8) is 0 Å². The largest absolute Gasteiger partial charge is 0.463 e. The maximum Gasteiger partial charge on any atom is 0.308 e. The van der Waals surface area contributed by atoms with Crippen molar-refractivity contribution in [1.82, 2.24) is 0 Å². The highest BCUT2D eigenvalue weighted by Gasteiger charge is 2.12. The van der Waals surface area contributed by atoms with Gasteiger partial charge in [-0.2, -0.15) is 0 Å². The third kappa shape index (κ3) is 5.79. The fourth-order valence-electron chi connectivity index (χ4n) is 0.558. The standard InChI is InChI=1S/C7H13FO3/c1-5(2)11-7(10)3-6(9)4-8/h5-6,9H,3-4H2,1-2H3. The van der Waals surface area contributed by atoms with E-state index >= 15 is 0 Å². The van der Waals surface area contributed by atoms with Crippen LogP contribution in [0.1, 0.15) is 20.3 Å². The molecule has 0 amide bonds. The van der Waals surface area contributed by atoms with Gasteiger partial charge in [-0.3, -0.25) is 4.79 Å². The van der Waals surface area contributed by atoms with Gasteiger partial charge in [0.1, 0.15) is 6.67 Å². The Labute approximate surface area is 65.2 Å². The normalized spacial score (nSPS) is 13.2. The predicted octanol–water partition coefficient (Wildman–Crippen LogP) is 0.659. The molecule has 0 spiro atoms. The molecule has 0 aliphatic carbocycles. The van der Waals surface area contributed by atoms with Crippen molar-refractivity contribution in [3.8, 4) is 0 Å². The first-order valence-corrected chi connectivity index (χ1v) is 3.49. The molecule has 0 heterocycles. The summed E-state index contributed by atoms with van der Waals surface area (Å²) < 4.78 is 16.3. The summed E-state index contributed by atoms with van der Waals surface area (Å²) in [6, 6.07) is 0. The quantitative estimate of drug-likeness (QED) is 0.621. The van der Waals surface area contributed by atoms with Crippen LogP contribution in [-0.4, -0.2) is 30.0 Å². The van der Waals surface area contributed by atoms with Gasteiger partial charge in [0.15, 0.2) is 0 Å². The third-order valence-corrected chi connectivity index (χ3v) is 0.948. The maximum absolute atomic E-state index is 11.6. The average Bonchev–Trinajstić information content (AvgIpc) is 1.85. The van der Waals surface area contributed by atoms with E-state index in [-0.39, 0.29) is 12.5 Å². The molecular weight excluding hydrogens is 151 g/mol. The third-order valence-electron chi connectivity index (χ3n) is 0.948. The van der Waals surface area contributed by atoms with E-state index in [0.717, 1.165) is 0 Å². The number of aliphatic hydroxyl groups is 1. The summed E-state index contributed by atoms with van der Waals surface area (Å²) in [5.41, 5.74) is 0. The Balaban J connectivity index is 3.52. The Hall–Kier alpha value is -0.640. The van der Waals surface area contributed by atoms with Gasteiger partial charge in [0.2, 0.25) is 0 Å². The lowest BCUT2D eigenvalue weighted by atomic mass is 10.3. The van der Waals surface area contributed by atoms with Crippen LogP contribution in [0, 0.1) is 0 Å². The van der Waals surface area contributed by atoms with Crippen LogP contribution >= 0.6 is 0 Å². The molecule has 3 nitrogen and oxygen atoms in total. The fourth-order valence-corrected chi connectivity index (χ4v) is 0.558.